The van der Waals surface area contributed by atoms with Gasteiger partial charge in [0.1, 0.15) is 5.75 Å². The molecule has 2 N–H and O–H groups in total. The summed E-state index contributed by atoms with van der Waals surface area (Å²) in [5, 5.41) is 6.51. The van der Waals surface area contributed by atoms with Crippen molar-refractivity contribution in [2.75, 3.05) is 41.5 Å². The van der Waals surface area contributed by atoms with Gasteiger partial charge in [-0.05, 0) is 26.8 Å². The van der Waals surface area contributed by atoms with Crippen LogP contribution in [-0.2, 0) is 11.3 Å². The van der Waals surface area contributed by atoms with E-state index in [-0.39, 0.29) is 29.6 Å². The minimum atomic E-state index is -0.281. The van der Waals surface area contributed by atoms with Crippen molar-refractivity contribution >= 4 is 29.9 Å². The van der Waals surface area contributed by atoms with E-state index in [4.69, 9.17) is 18.9 Å². The number of aliphatic imine (C=N–C) groups is 1. The molecule has 150 valence electrons. The molecule has 1 aromatic carbocycles. The lowest BCUT2D eigenvalue weighted by Gasteiger charge is -2.24. The lowest BCUT2D eigenvalue weighted by molar-refractivity contribution is 0.0268. The molecule has 0 unspecified atom stereocenters. The molecule has 7 nitrogen and oxygen atoms in total. The molecule has 1 aromatic rings. The highest BCUT2D eigenvalue weighted by atomic mass is 127. The van der Waals surface area contributed by atoms with Crippen molar-refractivity contribution in [2.45, 2.75) is 32.9 Å². The highest BCUT2D eigenvalue weighted by Crippen LogP contribution is 2.34. The van der Waals surface area contributed by atoms with Crippen molar-refractivity contribution in [1.82, 2.24) is 10.6 Å². The molecule has 0 saturated carbocycles. The fourth-order valence-electron chi connectivity index (χ4n) is 2.09. The third-order valence-corrected chi connectivity index (χ3v) is 3.77. The van der Waals surface area contributed by atoms with Gasteiger partial charge in [-0.15, -0.1) is 24.0 Å². The van der Waals surface area contributed by atoms with Crippen LogP contribution in [0.15, 0.2) is 17.1 Å². The molecule has 0 aromatic heterocycles. The maximum Gasteiger partial charge on any atom is 0.191 e. The molecule has 0 aliphatic carbocycles. The molecule has 0 radical (unpaired) electrons. The minimum absolute atomic E-state index is 0. The molecule has 8 heteroatoms. The number of nitrogens with zero attached hydrogens (tertiary/aromatic N) is 1. The first-order valence-electron chi connectivity index (χ1n) is 8.27. The van der Waals surface area contributed by atoms with Crippen molar-refractivity contribution < 1.29 is 18.9 Å². The predicted octanol–water partition coefficient (Wildman–Crippen LogP) is 2.81. The Bertz CT molecular complexity index is 580. The van der Waals surface area contributed by atoms with Gasteiger partial charge in [0.05, 0.1) is 33.5 Å². The zero-order valence-corrected chi connectivity index (χ0v) is 19.1. The van der Waals surface area contributed by atoms with Crippen LogP contribution in [0.5, 0.6) is 17.2 Å². The predicted molar refractivity (Wildman–Crippen MR) is 115 cm³/mol. The van der Waals surface area contributed by atoms with E-state index in [0.29, 0.717) is 36.3 Å². The molecule has 0 amide bonds. The van der Waals surface area contributed by atoms with Crippen LogP contribution in [0.25, 0.3) is 0 Å². The lowest BCUT2D eigenvalue weighted by Crippen LogP contribution is -2.45. The first kappa shape index (κ1) is 24.6. The van der Waals surface area contributed by atoms with E-state index >= 15 is 0 Å². The van der Waals surface area contributed by atoms with E-state index in [0.717, 1.165) is 12.1 Å². The van der Waals surface area contributed by atoms with E-state index in [1.54, 1.807) is 34.5 Å². The van der Waals surface area contributed by atoms with Crippen molar-refractivity contribution in [3.05, 3.63) is 17.7 Å². The summed E-state index contributed by atoms with van der Waals surface area (Å²) in [5.74, 6) is 2.69. The maximum atomic E-state index is 5.45. The van der Waals surface area contributed by atoms with Crippen LogP contribution in [0.4, 0.5) is 0 Å². The highest BCUT2D eigenvalue weighted by Gasteiger charge is 2.17. The van der Waals surface area contributed by atoms with Gasteiger partial charge in [0.15, 0.2) is 17.5 Å². The summed E-state index contributed by atoms with van der Waals surface area (Å²) in [6.07, 6.45) is 0. The van der Waals surface area contributed by atoms with Crippen LogP contribution in [-0.4, -0.2) is 53.1 Å². The number of rotatable bonds is 9. The van der Waals surface area contributed by atoms with Crippen molar-refractivity contribution in [1.29, 1.82) is 0 Å². The molecule has 0 fully saturated rings. The summed E-state index contributed by atoms with van der Waals surface area (Å²) in [7, 11) is 6.52. The summed E-state index contributed by atoms with van der Waals surface area (Å²) in [6, 6.07) is 3.68. The van der Waals surface area contributed by atoms with Gasteiger partial charge in [-0.3, -0.25) is 0 Å². The topological polar surface area (TPSA) is 73.3 Å². The second-order valence-electron chi connectivity index (χ2n) is 6.03. The number of methoxy groups -OCH3 is 4. The standard InChI is InChI=1S/C18H31N3O4.HI/c1-8-19-17(21-12-18(2,3)25-7)20-11-13-9-15(23-5)16(24-6)10-14(13)22-4;/h9-10H,8,11-12H2,1-7H3,(H2,19,20,21);1H. The fraction of sp³-hybridized carbons (Fsp3) is 0.611. The smallest absolute Gasteiger partial charge is 0.191 e. The number of nitrogens with one attached hydrogen (secondary N) is 2. The van der Waals surface area contributed by atoms with Gasteiger partial charge >= 0.3 is 0 Å². The number of hydrogen-bond acceptors (Lipinski definition) is 5. The molecule has 1 rings (SSSR count). The molecule has 0 atom stereocenters. The quantitative estimate of drug-likeness (QED) is 0.321. The Morgan fingerprint density at radius 1 is 0.962 bits per heavy atom. The van der Waals surface area contributed by atoms with Gasteiger partial charge in [0, 0.05) is 31.8 Å². The number of guanidine groups is 1. The van der Waals surface area contributed by atoms with Gasteiger partial charge in [-0.25, -0.2) is 4.99 Å². The van der Waals surface area contributed by atoms with Crippen LogP contribution in [0.1, 0.15) is 26.3 Å². The van der Waals surface area contributed by atoms with Gasteiger partial charge in [0.25, 0.3) is 0 Å². The Labute approximate surface area is 173 Å². The zero-order chi connectivity index (χ0) is 18.9. The van der Waals surface area contributed by atoms with E-state index in [2.05, 4.69) is 15.6 Å². The summed E-state index contributed by atoms with van der Waals surface area (Å²) in [4.78, 5) is 4.62. The second-order valence-corrected chi connectivity index (χ2v) is 6.03. The van der Waals surface area contributed by atoms with Gasteiger partial charge in [-0.1, -0.05) is 0 Å². The first-order chi connectivity index (χ1) is 11.9. The molecular weight excluding hydrogens is 449 g/mol. The Kier molecular flexibility index (Phi) is 11.4. The average molecular weight is 481 g/mol. The molecule has 0 heterocycles. The van der Waals surface area contributed by atoms with E-state index in [1.807, 2.05) is 26.8 Å². The fourth-order valence-corrected chi connectivity index (χ4v) is 2.09. The molecule has 26 heavy (non-hydrogen) atoms. The van der Waals surface area contributed by atoms with Gasteiger partial charge in [-0.2, -0.15) is 0 Å². The molecule has 0 spiro atoms. The Hall–Kier alpha value is -1.42. The van der Waals surface area contributed by atoms with Crippen LogP contribution in [0.2, 0.25) is 0 Å². The second kappa shape index (κ2) is 12.1. The number of hydrogen-bond donors (Lipinski definition) is 2. The number of ether oxygens (including phenoxy) is 4. The Morgan fingerprint density at radius 2 is 1.54 bits per heavy atom. The molecular formula is C18H32IN3O4. The third kappa shape index (κ3) is 7.45. The van der Waals surface area contributed by atoms with Crippen molar-refractivity contribution in [3.63, 3.8) is 0 Å². The average Bonchev–Trinajstić information content (AvgIpc) is 2.63. The van der Waals surface area contributed by atoms with Crippen LogP contribution >= 0.6 is 24.0 Å². The summed E-state index contributed by atoms with van der Waals surface area (Å²) in [6.45, 7) is 7.89. The highest BCUT2D eigenvalue weighted by molar-refractivity contribution is 14.0. The zero-order valence-electron chi connectivity index (χ0n) is 16.8. The van der Waals surface area contributed by atoms with Gasteiger partial charge in [0.2, 0.25) is 0 Å². The van der Waals surface area contributed by atoms with E-state index < -0.39 is 0 Å². The van der Waals surface area contributed by atoms with Crippen molar-refractivity contribution in [2.24, 2.45) is 4.99 Å². The summed E-state index contributed by atoms with van der Waals surface area (Å²) in [5.41, 5.74) is 0.625. The van der Waals surface area contributed by atoms with Gasteiger partial charge < -0.3 is 29.6 Å². The lowest BCUT2D eigenvalue weighted by atomic mass is 10.1. The first-order valence-corrected chi connectivity index (χ1v) is 8.27. The Morgan fingerprint density at radius 3 is 2.04 bits per heavy atom. The van der Waals surface area contributed by atoms with E-state index in [9.17, 15) is 0 Å². The Balaban J connectivity index is 0.00000625. The largest absolute Gasteiger partial charge is 0.496 e. The summed E-state index contributed by atoms with van der Waals surface area (Å²) >= 11 is 0. The number of halogens is 1. The third-order valence-electron chi connectivity index (χ3n) is 3.77. The normalized spacial score (nSPS) is 11.4. The maximum absolute atomic E-state index is 5.45. The minimum Gasteiger partial charge on any atom is -0.496 e. The molecule has 0 aliphatic heterocycles. The van der Waals surface area contributed by atoms with Crippen LogP contribution in [0.3, 0.4) is 0 Å². The van der Waals surface area contributed by atoms with E-state index in [1.165, 1.54) is 0 Å². The molecule has 0 bridgehead atoms. The van der Waals surface area contributed by atoms with Crippen LogP contribution in [0, 0.1) is 0 Å². The van der Waals surface area contributed by atoms with Crippen LogP contribution < -0.4 is 24.8 Å². The monoisotopic (exact) mass is 481 g/mol. The summed E-state index contributed by atoms with van der Waals surface area (Å²) < 4.78 is 21.5. The SMILES string of the molecule is CCNC(=NCc1cc(OC)c(OC)cc1OC)NCC(C)(C)OC.I. The molecule has 0 saturated heterocycles. The van der Waals surface area contributed by atoms with Crippen molar-refractivity contribution in [3.8, 4) is 17.2 Å². The molecule has 0 aliphatic rings. The number of benzene rings is 1.